The normalized spacial score (nSPS) is 10.3. The Balaban J connectivity index is 1.90. The van der Waals surface area contributed by atoms with E-state index in [-0.39, 0.29) is 11.8 Å². The van der Waals surface area contributed by atoms with Gasteiger partial charge in [-0.15, -0.1) is 0 Å². The summed E-state index contributed by atoms with van der Waals surface area (Å²) in [6.07, 6.45) is 1.78. The first-order valence-corrected chi connectivity index (χ1v) is 8.40. The minimum atomic E-state index is -0.199. The summed E-state index contributed by atoms with van der Waals surface area (Å²) in [4.78, 5) is 24.5. The van der Waals surface area contributed by atoms with Crippen molar-refractivity contribution in [1.82, 2.24) is 5.32 Å². The second kappa shape index (κ2) is 10.3. The van der Waals surface area contributed by atoms with E-state index in [4.69, 9.17) is 4.74 Å². The number of hydrogen-bond acceptors (Lipinski definition) is 3. The zero-order valence-corrected chi connectivity index (χ0v) is 14.5. The van der Waals surface area contributed by atoms with E-state index in [9.17, 15) is 9.59 Å². The van der Waals surface area contributed by atoms with E-state index in [0.717, 1.165) is 12.0 Å². The van der Waals surface area contributed by atoms with E-state index < -0.39 is 0 Å². The molecule has 0 heterocycles. The van der Waals surface area contributed by atoms with Crippen LogP contribution in [0.15, 0.2) is 54.6 Å². The topological polar surface area (TPSA) is 67.4 Å². The Morgan fingerprint density at radius 2 is 1.72 bits per heavy atom. The van der Waals surface area contributed by atoms with Gasteiger partial charge in [0.05, 0.1) is 11.3 Å². The average Bonchev–Trinajstić information content (AvgIpc) is 2.65. The molecule has 0 bridgehead atoms. The van der Waals surface area contributed by atoms with Gasteiger partial charge in [-0.25, -0.2) is 0 Å². The maximum absolute atomic E-state index is 12.3. The van der Waals surface area contributed by atoms with Crippen molar-refractivity contribution in [2.45, 2.75) is 19.3 Å². The molecular weight excluding hydrogens is 316 g/mol. The molecule has 5 nitrogen and oxygen atoms in total. The second-order valence-corrected chi connectivity index (χ2v) is 5.68. The fourth-order valence-electron chi connectivity index (χ4n) is 2.42. The maximum Gasteiger partial charge on any atom is 0.253 e. The number of amides is 2. The first kappa shape index (κ1) is 18.7. The molecule has 132 valence electrons. The van der Waals surface area contributed by atoms with Crippen LogP contribution in [0.5, 0.6) is 0 Å². The first-order chi connectivity index (χ1) is 12.2. The highest BCUT2D eigenvalue weighted by Crippen LogP contribution is 2.15. The molecule has 0 fully saturated rings. The summed E-state index contributed by atoms with van der Waals surface area (Å²) in [5, 5.41) is 5.67. The van der Waals surface area contributed by atoms with Crippen molar-refractivity contribution in [3.8, 4) is 0 Å². The molecule has 0 aromatic heterocycles. The van der Waals surface area contributed by atoms with Gasteiger partial charge in [-0.05, 0) is 30.5 Å². The highest BCUT2D eigenvalue weighted by atomic mass is 16.5. The minimum Gasteiger partial charge on any atom is -0.385 e. The summed E-state index contributed by atoms with van der Waals surface area (Å²) >= 11 is 0. The third kappa shape index (κ3) is 6.39. The van der Waals surface area contributed by atoms with Gasteiger partial charge < -0.3 is 15.4 Å². The minimum absolute atomic E-state index is 0.108. The molecule has 0 radical (unpaired) electrons. The lowest BCUT2D eigenvalue weighted by Crippen LogP contribution is -2.26. The third-order valence-corrected chi connectivity index (χ3v) is 3.74. The van der Waals surface area contributed by atoms with Gasteiger partial charge in [0.15, 0.2) is 0 Å². The standard InChI is InChI=1S/C20H24N2O3/c1-25-15-7-14-21-20(24)17-10-5-6-11-18(17)22-19(23)13-12-16-8-3-2-4-9-16/h2-6,8-11H,7,12-15H2,1H3,(H,21,24)(H,22,23). The molecule has 0 saturated heterocycles. The highest BCUT2D eigenvalue weighted by molar-refractivity contribution is 6.03. The summed E-state index contributed by atoms with van der Waals surface area (Å²) in [7, 11) is 1.63. The average molecular weight is 340 g/mol. The van der Waals surface area contributed by atoms with E-state index in [1.807, 2.05) is 30.3 Å². The number of rotatable bonds is 9. The molecule has 2 amide bonds. The van der Waals surface area contributed by atoms with Gasteiger partial charge in [-0.3, -0.25) is 9.59 Å². The molecule has 0 aliphatic heterocycles. The van der Waals surface area contributed by atoms with Gasteiger partial charge in [-0.2, -0.15) is 0 Å². The van der Waals surface area contributed by atoms with Crippen LogP contribution in [0, 0.1) is 0 Å². The Hall–Kier alpha value is -2.66. The maximum atomic E-state index is 12.3. The molecule has 0 unspecified atom stereocenters. The molecule has 0 atom stereocenters. The van der Waals surface area contributed by atoms with Crippen LogP contribution >= 0.6 is 0 Å². The van der Waals surface area contributed by atoms with Crippen LogP contribution in [0.2, 0.25) is 0 Å². The largest absolute Gasteiger partial charge is 0.385 e. The zero-order valence-electron chi connectivity index (χ0n) is 14.5. The second-order valence-electron chi connectivity index (χ2n) is 5.68. The van der Waals surface area contributed by atoms with Crippen LogP contribution < -0.4 is 10.6 Å². The van der Waals surface area contributed by atoms with Gasteiger partial charge >= 0.3 is 0 Å². The number of methoxy groups -OCH3 is 1. The number of para-hydroxylation sites is 1. The molecule has 0 aliphatic rings. The van der Waals surface area contributed by atoms with E-state index >= 15 is 0 Å². The van der Waals surface area contributed by atoms with Gasteiger partial charge in [0, 0.05) is 26.7 Å². The number of ether oxygens (including phenoxy) is 1. The summed E-state index contributed by atoms with van der Waals surface area (Å²) < 4.78 is 4.96. The SMILES string of the molecule is COCCCNC(=O)c1ccccc1NC(=O)CCc1ccccc1. The Morgan fingerprint density at radius 1 is 1.00 bits per heavy atom. The predicted octanol–water partition coefficient (Wildman–Crippen LogP) is 3.02. The van der Waals surface area contributed by atoms with Gasteiger partial charge in [0.2, 0.25) is 5.91 Å². The van der Waals surface area contributed by atoms with Crippen molar-refractivity contribution < 1.29 is 14.3 Å². The van der Waals surface area contributed by atoms with E-state index in [1.165, 1.54) is 0 Å². The number of carbonyl (C=O) groups is 2. The lowest BCUT2D eigenvalue weighted by Gasteiger charge is -2.11. The molecule has 0 aliphatic carbocycles. The van der Waals surface area contributed by atoms with Crippen molar-refractivity contribution in [2.24, 2.45) is 0 Å². The monoisotopic (exact) mass is 340 g/mol. The molecular formula is C20H24N2O3. The third-order valence-electron chi connectivity index (χ3n) is 3.74. The zero-order chi connectivity index (χ0) is 17.9. The van der Waals surface area contributed by atoms with Crippen LogP contribution in [-0.4, -0.2) is 32.1 Å². The van der Waals surface area contributed by atoms with E-state index in [1.54, 1.807) is 31.4 Å². The number of hydrogen-bond donors (Lipinski definition) is 2. The number of carbonyl (C=O) groups excluding carboxylic acids is 2. The number of anilines is 1. The van der Waals surface area contributed by atoms with E-state index in [2.05, 4.69) is 10.6 Å². The van der Waals surface area contributed by atoms with Crippen molar-refractivity contribution in [1.29, 1.82) is 0 Å². The number of benzene rings is 2. The van der Waals surface area contributed by atoms with E-state index in [0.29, 0.717) is 37.2 Å². The van der Waals surface area contributed by atoms with Gasteiger partial charge in [-0.1, -0.05) is 42.5 Å². The van der Waals surface area contributed by atoms with Crippen LogP contribution in [0.25, 0.3) is 0 Å². The predicted molar refractivity (Wildman–Crippen MR) is 98.7 cm³/mol. The van der Waals surface area contributed by atoms with Crippen molar-refractivity contribution in [2.75, 3.05) is 25.6 Å². The van der Waals surface area contributed by atoms with Gasteiger partial charge in [0.25, 0.3) is 5.91 Å². The molecule has 0 spiro atoms. The summed E-state index contributed by atoms with van der Waals surface area (Å²) in [6.45, 7) is 1.13. The summed E-state index contributed by atoms with van der Waals surface area (Å²) in [6, 6.07) is 16.9. The Morgan fingerprint density at radius 3 is 2.48 bits per heavy atom. The lowest BCUT2D eigenvalue weighted by atomic mass is 10.1. The molecule has 2 aromatic rings. The fourth-order valence-corrected chi connectivity index (χ4v) is 2.42. The van der Waals surface area contributed by atoms with Crippen LogP contribution in [0.3, 0.4) is 0 Å². The van der Waals surface area contributed by atoms with Crippen LogP contribution in [0.1, 0.15) is 28.8 Å². The number of aryl methyl sites for hydroxylation is 1. The molecule has 5 heteroatoms. The molecule has 2 rings (SSSR count). The number of nitrogens with one attached hydrogen (secondary N) is 2. The first-order valence-electron chi connectivity index (χ1n) is 8.40. The smallest absolute Gasteiger partial charge is 0.253 e. The van der Waals surface area contributed by atoms with Gasteiger partial charge in [0.1, 0.15) is 0 Å². The van der Waals surface area contributed by atoms with Crippen molar-refractivity contribution in [3.05, 3.63) is 65.7 Å². The molecule has 2 aromatic carbocycles. The highest BCUT2D eigenvalue weighted by Gasteiger charge is 2.12. The summed E-state index contributed by atoms with van der Waals surface area (Å²) in [5.74, 6) is -0.307. The lowest BCUT2D eigenvalue weighted by molar-refractivity contribution is -0.116. The quantitative estimate of drug-likeness (QED) is 0.690. The Bertz CT molecular complexity index is 686. The molecule has 25 heavy (non-hydrogen) atoms. The van der Waals surface area contributed by atoms with Crippen LogP contribution in [-0.2, 0) is 16.0 Å². The van der Waals surface area contributed by atoms with Crippen LogP contribution in [0.4, 0.5) is 5.69 Å². The summed E-state index contributed by atoms with van der Waals surface area (Å²) in [5.41, 5.74) is 2.11. The molecule has 0 saturated carbocycles. The molecule has 2 N–H and O–H groups in total. The van der Waals surface area contributed by atoms with Crippen molar-refractivity contribution in [3.63, 3.8) is 0 Å². The van der Waals surface area contributed by atoms with Crippen molar-refractivity contribution >= 4 is 17.5 Å². The fraction of sp³-hybridized carbons (Fsp3) is 0.300. The Labute approximate surface area is 148 Å². The Kier molecular flexibility index (Phi) is 7.66.